The van der Waals surface area contributed by atoms with Crippen LogP contribution in [-0.2, 0) is 7.05 Å². The Balaban J connectivity index is 2.04. The number of methoxy groups -OCH3 is 1. The topological polar surface area (TPSA) is 52.0 Å². The minimum atomic E-state index is 0.289. The van der Waals surface area contributed by atoms with E-state index in [1.54, 1.807) is 25.2 Å². The quantitative estimate of drug-likeness (QED) is 0.760. The van der Waals surface area contributed by atoms with E-state index in [0.29, 0.717) is 0 Å². The highest BCUT2D eigenvalue weighted by atomic mass is 32.2. The summed E-state index contributed by atoms with van der Waals surface area (Å²) in [5, 5.41) is 12.6. The van der Waals surface area contributed by atoms with Crippen molar-refractivity contribution in [1.29, 1.82) is 0 Å². The zero-order chi connectivity index (χ0) is 15.1. The van der Waals surface area contributed by atoms with Crippen molar-refractivity contribution in [2.45, 2.75) is 24.5 Å². The van der Waals surface area contributed by atoms with E-state index in [-0.39, 0.29) is 6.04 Å². The minimum absolute atomic E-state index is 0.289. The lowest BCUT2D eigenvalue weighted by molar-refractivity contribution is 0.414. The van der Waals surface area contributed by atoms with Crippen molar-refractivity contribution in [3.8, 4) is 5.75 Å². The maximum Gasteiger partial charge on any atom is 0.190 e. The molecule has 1 atom stereocenters. The zero-order valence-electron chi connectivity index (χ0n) is 12.7. The molecular formula is C15H22N4OS. The number of aromatic nitrogens is 3. The second-order valence-electron chi connectivity index (χ2n) is 4.82. The number of aryl methyl sites for hydroxylation is 1. The average Bonchev–Trinajstić information content (AvgIpc) is 2.93. The smallest absolute Gasteiger partial charge is 0.190 e. The van der Waals surface area contributed by atoms with E-state index in [9.17, 15) is 0 Å². The highest BCUT2D eigenvalue weighted by Crippen LogP contribution is 2.24. The van der Waals surface area contributed by atoms with Crippen LogP contribution < -0.4 is 10.1 Å². The summed E-state index contributed by atoms with van der Waals surface area (Å²) >= 11 is 1.71. The van der Waals surface area contributed by atoms with Crippen LogP contribution in [0.3, 0.4) is 0 Å². The third kappa shape index (κ3) is 4.47. The zero-order valence-corrected chi connectivity index (χ0v) is 13.6. The number of thioether (sulfide) groups is 1. The first-order valence-electron chi connectivity index (χ1n) is 7.08. The molecule has 0 bridgehead atoms. The van der Waals surface area contributed by atoms with Crippen molar-refractivity contribution in [2.24, 2.45) is 7.05 Å². The fourth-order valence-corrected chi connectivity index (χ4v) is 2.97. The summed E-state index contributed by atoms with van der Waals surface area (Å²) in [5.74, 6) is 1.80. The molecule has 1 heterocycles. The van der Waals surface area contributed by atoms with Gasteiger partial charge in [-0.2, -0.15) is 0 Å². The molecule has 6 heteroatoms. The largest absolute Gasteiger partial charge is 0.497 e. The Kier molecular flexibility index (Phi) is 6.07. The van der Waals surface area contributed by atoms with Gasteiger partial charge in [-0.3, -0.25) is 0 Å². The lowest BCUT2D eigenvalue weighted by Crippen LogP contribution is -2.24. The van der Waals surface area contributed by atoms with Gasteiger partial charge in [0.15, 0.2) is 5.16 Å². The lowest BCUT2D eigenvalue weighted by Gasteiger charge is -2.18. The molecule has 114 valence electrons. The Bertz CT molecular complexity index is 541. The van der Waals surface area contributed by atoms with Gasteiger partial charge in [-0.05, 0) is 30.7 Å². The minimum Gasteiger partial charge on any atom is -0.497 e. The Morgan fingerprint density at radius 1 is 1.33 bits per heavy atom. The van der Waals surface area contributed by atoms with E-state index in [4.69, 9.17) is 4.74 Å². The van der Waals surface area contributed by atoms with E-state index in [1.807, 2.05) is 23.7 Å². The van der Waals surface area contributed by atoms with Crippen molar-refractivity contribution in [3.05, 3.63) is 36.2 Å². The highest BCUT2D eigenvalue weighted by molar-refractivity contribution is 7.99. The molecule has 0 spiro atoms. The van der Waals surface area contributed by atoms with Gasteiger partial charge in [0.05, 0.1) is 7.11 Å². The summed E-state index contributed by atoms with van der Waals surface area (Å²) in [6, 6.07) is 8.52. The Labute approximate surface area is 130 Å². The molecule has 5 nitrogen and oxygen atoms in total. The van der Waals surface area contributed by atoms with Crippen molar-refractivity contribution < 1.29 is 4.74 Å². The van der Waals surface area contributed by atoms with Crippen molar-refractivity contribution in [1.82, 2.24) is 20.1 Å². The first kappa shape index (κ1) is 15.9. The van der Waals surface area contributed by atoms with Gasteiger partial charge in [0.2, 0.25) is 0 Å². The molecule has 1 N–H and O–H groups in total. The molecule has 0 amide bonds. The summed E-state index contributed by atoms with van der Waals surface area (Å²) < 4.78 is 7.16. The number of nitrogens with one attached hydrogen (secondary N) is 1. The first-order chi connectivity index (χ1) is 10.2. The third-order valence-corrected chi connectivity index (χ3v) is 4.34. The Morgan fingerprint density at radius 3 is 2.67 bits per heavy atom. The van der Waals surface area contributed by atoms with Gasteiger partial charge >= 0.3 is 0 Å². The van der Waals surface area contributed by atoms with Gasteiger partial charge < -0.3 is 14.6 Å². The van der Waals surface area contributed by atoms with Crippen LogP contribution in [0.2, 0.25) is 0 Å². The summed E-state index contributed by atoms with van der Waals surface area (Å²) in [4.78, 5) is 0. The maximum absolute atomic E-state index is 5.22. The second-order valence-corrected chi connectivity index (χ2v) is 5.80. The number of ether oxygens (including phenoxy) is 1. The lowest BCUT2D eigenvalue weighted by atomic mass is 10.1. The molecule has 0 saturated carbocycles. The fraction of sp³-hybridized carbons (Fsp3) is 0.467. The second kappa shape index (κ2) is 8.05. The molecule has 1 unspecified atom stereocenters. The number of hydrogen-bond donors (Lipinski definition) is 1. The van der Waals surface area contributed by atoms with Crippen molar-refractivity contribution >= 4 is 11.8 Å². The van der Waals surface area contributed by atoms with E-state index in [2.05, 4.69) is 34.6 Å². The van der Waals surface area contributed by atoms with Crippen LogP contribution >= 0.6 is 11.8 Å². The molecular weight excluding hydrogens is 284 g/mol. The molecule has 0 aliphatic rings. The Morgan fingerprint density at radius 2 is 2.10 bits per heavy atom. The number of rotatable bonds is 8. The predicted molar refractivity (Wildman–Crippen MR) is 85.8 cm³/mol. The third-order valence-electron chi connectivity index (χ3n) is 3.21. The van der Waals surface area contributed by atoms with Gasteiger partial charge in [-0.25, -0.2) is 0 Å². The van der Waals surface area contributed by atoms with Gasteiger partial charge in [-0.1, -0.05) is 30.8 Å². The molecule has 1 aromatic carbocycles. The molecule has 2 rings (SSSR count). The van der Waals surface area contributed by atoms with Crippen LogP contribution in [-0.4, -0.2) is 34.2 Å². The van der Waals surface area contributed by atoms with Crippen LogP contribution in [0.4, 0.5) is 0 Å². The maximum atomic E-state index is 5.22. The van der Waals surface area contributed by atoms with E-state index in [0.717, 1.165) is 29.6 Å². The average molecular weight is 306 g/mol. The summed E-state index contributed by atoms with van der Waals surface area (Å²) in [5.41, 5.74) is 1.26. The summed E-state index contributed by atoms with van der Waals surface area (Å²) in [6.07, 6.45) is 2.84. The summed E-state index contributed by atoms with van der Waals surface area (Å²) in [6.45, 7) is 3.17. The van der Waals surface area contributed by atoms with Crippen LogP contribution in [0.15, 0.2) is 35.7 Å². The fourth-order valence-electron chi connectivity index (χ4n) is 1.99. The van der Waals surface area contributed by atoms with Gasteiger partial charge in [0.25, 0.3) is 0 Å². The number of nitrogens with zero attached hydrogens (tertiary/aromatic N) is 3. The molecule has 0 aliphatic heterocycles. The van der Waals surface area contributed by atoms with E-state index < -0.39 is 0 Å². The highest BCUT2D eigenvalue weighted by Gasteiger charge is 2.13. The van der Waals surface area contributed by atoms with Gasteiger partial charge in [-0.15, -0.1) is 10.2 Å². The molecule has 2 aromatic rings. The van der Waals surface area contributed by atoms with Crippen molar-refractivity contribution in [2.75, 3.05) is 19.4 Å². The first-order valence-corrected chi connectivity index (χ1v) is 8.07. The Hall–Kier alpha value is -1.53. The van der Waals surface area contributed by atoms with Crippen LogP contribution in [0.5, 0.6) is 5.75 Å². The molecule has 0 radical (unpaired) electrons. The van der Waals surface area contributed by atoms with Crippen LogP contribution in [0.1, 0.15) is 24.9 Å². The van der Waals surface area contributed by atoms with Gasteiger partial charge in [0, 0.05) is 18.8 Å². The van der Waals surface area contributed by atoms with Crippen LogP contribution in [0, 0.1) is 0 Å². The molecule has 0 aliphatic carbocycles. The SMILES string of the molecule is CCCNC(CSc1nncn1C)c1ccc(OC)cc1. The monoisotopic (exact) mass is 306 g/mol. The van der Waals surface area contributed by atoms with E-state index in [1.165, 1.54) is 5.56 Å². The molecule has 1 aromatic heterocycles. The normalized spacial score (nSPS) is 12.3. The van der Waals surface area contributed by atoms with Crippen molar-refractivity contribution in [3.63, 3.8) is 0 Å². The molecule has 0 saturated heterocycles. The number of benzene rings is 1. The van der Waals surface area contributed by atoms with E-state index >= 15 is 0 Å². The number of hydrogen-bond acceptors (Lipinski definition) is 5. The molecule has 21 heavy (non-hydrogen) atoms. The standard InChI is InChI=1S/C15H22N4OS/c1-4-9-16-14(10-21-15-18-17-11-19(15)2)12-5-7-13(20-3)8-6-12/h5-8,11,14,16H,4,9-10H2,1-3H3. The van der Waals surface area contributed by atoms with Gasteiger partial charge in [0.1, 0.15) is 12.1 Å². The predicted octanol–water partition coefficient (Wildman–Crippen LogP) is 2.66. The molecule has 0 fully saturated rings. The van der Waals surface area contributed by atoms with Crippen LogP contribution in [0.25, 0.3) is 0 Å². The summed E-state index contributed by atoms with van der Waals surface area (Å²) in [7, 11) is 3.65.